The maximum Gasteiger partial charge on any atom is 0.241 e. The number of pyridine rings is 1. The van der Waals surface area contributed by atoms with E-state index >= 15 is 0 Å². The molecule has 1 aromatic heterocycles. The Kier molecular flexibility index (Phi) is 3.84. The Morgan fingerprint density at radius 3 is 3.00 bits per heavy atom. The van der Waals surface area contributed by atoms with Crippen LogP contribution in [-0.2, 0) is 14.8 Å². The van der Waals surface area contributed by atoms with E-state index in [0.717, 1.165) is 0 Å². The zero-order chi connectivity index (χ0) is 13.2. The van der Waals surface area contributed by atoms with Gasteiger partial charge in [-0.05, 0) is 18.4 Å². The Balaban J connectivity index is 2.16. The summed E-state index contributed by atoms with van der Waals surface area (Å²) in [5.74, 6) is 0.352. The van der Waals surface area contributed by atoms with Crippen LogP contribution in [0.5, 0.6) is 0 Å². The van der Waals surface area contributed by atoms with E-state index in [1.54, 1.807) is 0 Å². The molecule has 1 saturated heterocycles. The molecule has 1 fully saturated rings. The minimum atomic E-state index is -3.54. The van der Waals surface area contributed by atoms with Crippen molar-refractivity contribution >= 4 is 15.8 Å². The lowest BCUT2D eigenvalue weighted by molar-refractivity contribution is 0.0450. The third-order valence-corrected chi connectivity index (χ3v) is 4.50. The van der Waals surface area contributed by atoms with Crippen LogP contribution in [0.4, 0.5) is 5.82 Å². The third-order valence-electron chi connectivity index (χ3n) is 3.01. The highest BCUT2D eigenvalue weighted by atomic mass is 32.2. The summed E-state index contributed by atoms with van der Waals surface area (Å²) in [7, 11) is -3.54. The number of nitrogens with two attached hydrogens (primary N) is 1. The highest BCUT2D eigenvalue weighted by Crippen LogP contribution is 2.18. The van der Waals surface area contributed by atoms with Crippen LogP contribution in [0.2, 0.25) is 0 Å². The fraction of sp³-hybridized carbons (Fsp3) is 0.545. The highest BCUT2D eigenvalue weighted by molar-refractivity contribution is 7.89. The van der Waals surface area contributed by atoms with Crippen molar-refractivity contribution in [2.45, 2.75) is 24.3 Å². The van der Waals surface area contributed by atoms with Gasteiger partial charge in [-0.1, -0.05) is 6.92 Å². The summed E-state index contributed by atoms with van der Waals surface area (Å²) < 4.78 is 32.3. The summed E-state index contributed by atoms with van der Waals surface area (Å²) in [4.78, 5) is 3.93. The molecule has 18 heavy (non-hydrogen) atoms. The molecule has 3 N–H and O–H groups in total. The van der Waals surface area contributed by atoms with Crippen molar-refractivity contribution in [3.8, 4) is 0 Å². The summed E-state index contributed by atoms with van der Waals surface area (Å²) in [5.41, 5.74) is 5.49. The van der Waals surface area contributed by atoms with Crippen LogP contribution in [0.15, 0.2) is 23.2 Å². The van der Waals surface area contributed by atoms with Crippen LogP contribution in [0.1, 0.15) is 13.3 Å². The van der Waals surface area contributed by atoms with Crippen LogP contribution < -0.4 is 10.5 Å². The quantitative estimate of drug-likeness (QED) is 0.828. The number of rotatable bonds is 3. The van der Waals surface area contributed by atoms with Gasteiger partial charge in [0.15, 0.2) is 0 Å². The Labute approximate surface area is 107 Å². The van der Waals surface area contributed by atoms with Crippen molar-refractivity contribution in [1.82, 2.24) is 9.71 Å². The molecule has 1 aliphatic heterocycles. The van der Waals surface area contributed by atoms with E-state index in [1.807, 2.05) is 6.92 Å². The van der Waals surface area contributed by atoms with Crippen molar-refractivity contribution in [3.63, 3.8) is 0 Å². The fourth-order valence-corrected chi connectivity index (χ4v) is 3.32. The van der Waals surface area contributed by atoms with Gasteiger partial charge in [-0.3, -0.25) is 0 Å². The normalized spacial score (nSPS) is 24.9. The summed E-state index contributed by atoms with van der Waals surface area (Å²) in [6, 6.07) is 2.69. The number of ether oxygens (including phenoxy) is 1. The molecule has 2 heterocycles. The first kappa shape index (κ1) is 13.3. The number of aromatic nitrogens is 1. The minimum Gasteiger partial charge on any atom is -0.384 e. The predicted molar refractivity (Wildman–Crippen MR) is 67.4 cm³/mol. The average Bonchev–Trinajstić information content (AvgIpc) is 2.32. The Hall–Kier alpha value is -1.18. The Morgan fingerprint density at radius 2 is 2.33 bits per heavy atom. The van der Waals surface area contributed by atoms with Crippen LogP contribution in [0.3, 0.4) is 0 Å². The van der Waals surface area contributed by atoms with Crippen LogP contribution in [0, 0.1) is 5.92 Å². The van der Waals surface area contributed by atoms with Gasteiger partial charge in [-0.2, -0.15) is 0 Å². The topological polar surface area (TPSA) is 94.3 Å². The molecule has 2 rings (SSSR count). The van der Waals surface area contributed by atoms with Gasteiger partial charge < -0.3 is 10.5 Å². The van der Waals surface area contributed by atoms with Gasteiger partial charge in [0, 0.05) is 24.9 Å². The first-order chi connectivity index (χ1) is 8.49. The zero-order valence-electron chi connectivity index (χ0n) is 10.2. The molecule has 0 bridgehead atoms. The van der Waals surface area contributed by atoms with Gasteiger partial charge in [0.05, 0.1) is 11.5 Å². The molecule has 7 heteroatoms. The van der Waals surface area contributed by atoms with Crippen LogP contribution >= 0.6 is 0 Å². The number of nitrogens with one attached hydrogen (secondary N) is 1. The minimum absolute atomic E-state index is 0.0989. The van der Waals surface area contributed by atoms with Gasteiger partial charge in [0.25, 0.3) is 0 Å². The molecule has 1 aromatic rings. The summed E-state index contributed by atoms with van der Waals surface area (Å²) in [5, 5.41) is 0. The van der Waals surface area contributed by atoms with E-state index in [-0.39, 0.29) is 22.7 Å². The first-order valence-corrected chi connectivity index (χ1v) is 7.29. The van der Waals surface area contributed by atoms with Crippen LogP contribution in [-0.4, -0.2) is 32.7 Å². The third kappa shape index (κ3) is 2.98. The Bertz CT molecular complexity index is 518. The molecule has 0 aliphatic carbocycles. The molecule has 1 aliphatic rings. The smallest absolute Gasteiger partial charge is 0.241 e. The maximum atomic E-state index is 12.2. The molecule has 0 amide bonds. The number of hydrogen-bond acceptors (Lipinski definition) is 5. The number of nitrogens with zero attached hydrogens (tertiary/aromatic N) is 1. The molecule has 0 aromatic carbocycles. The second kappa shape index (κ2) is 5.21. The molecule has 6 nitrogen and oxygen atoms in total. The molecule has 2 atom stereocenters. The molecule has 2 unspecified atom stereocenters. The fourth-order valence-electron chi connectivity index (χ4n) is 1.92. The number of nitrogen functional groups attached to an aromatic ring is 1. The number of anilines is 1. The molecular weight excluding hydrogens is 254 g/mol. The van der Waals surface area contributed by atoms with Crippen molar-refractivity contribution in [2.24, 2.45) is 5.92 Å². The molecule has 100 valence electrons. The van der Waals surface area contributed by atoms with Gasteiger partial charge in [-0.25, -0.2) is 18.1 Å². The van der Waals surface area contributed by atoms with Gasteiger partial charge >= 0.3 is 0 Å². The van der Waals surface area contributed by atoms with E-state index in [0.29, 0.717) is 19.6 Å². The SMILES string of the molecule is CC1COCCC1NS(=O)(=O)c1ccnc(N)c1. The lowest BCUT2D eigenvalue weighted by atomic mass is 9.99. The molecule has 0 spiro atoms. The Morgan fingerprint density at radius 1 is 1.56 bits per heavy atom. The maximum absolute atomic E-state index is 12.2. The van der Waals surface area contributed by atoms with Gasteiger partial charge in [-0.15, -0.1) is 0 Å². The number of hydrogen-bond donors (Lipinski definition) is 2. The summed E-state index contributed by atoms with van der Waals surface area (Å²) in [6.45, 7) is 3.12. The summed E-state index contributed by atoms with van der Waals surface area (Å²) >= 11 is 0. The second-order valence-electron chi connectivity index (χ2n) is 4.49. The van der Waals surface area contributed by atoms with Crippen molar-refractivity contribution < 1.29 is 13.2 Å². The van der Waals surface area contributed by atoms with Crippen molar-refractivity contribution in [3.05, 3.63) is 18.3 Å². The van der Waals surface area contributed by atoms with Gasteiger partial charge in [0.2, 0.25) is 10.0 Å². The second-order valence-corrected chi connectivity index (χ2v) is 6.20. The lowest BCUT2D eigenvalue weighted by Crippen LogP contribution is -2.44. The van der Waals surface area contributed by atoms with E-state index in [4.69, 9.17) is 10.5 Å². The van der Waals surface area contributed by atoms with Crippen LogP contribution in [0.25, 0.3) is 0 Å². The predicted octanol–water partition coefficient (Wildman–Crippen LogP) is 0.367. The molecule has 0 radical (unpaired) electrons. The largest absolute Gasteiger partial charge is 0.384 e. The average molecular weight is 271 g/mol. The summed E-state index contributed by atoms with van der Waals surface area (Å²) in [6.07, 6.45) is 2.07. The van der Waals surface area contributed by atoms with Crippen molar-refractivity contribution in [2.75, 3.05) is 18.9 Å². The van der Waals surface area contributed by atoms with E-state index in [2.05, 4.69) is 9.71 Å². The zero-order valence-corrected chi connectivity index (χ0v) is 11.0. The number of sulfonamides is 1. The monoisotopic (exact) mass is 271 g/mol. The highest BCUT2D eigenvalue weighted by Gasteiger charge is 2.27. The van der Waals surface area contributed by atoms with Crippen molar-refractivity contribution in [1.29, 1.82) is 0 Å². The van der Waals surface area contributed by atoms with Gasteiger partial charge in [0.1, 0.15) is 5.82 Å². The lowest BCUT2D eigenvalue weighted by Gasteiger charge is -2.29. The molecular formula is C11H17N3O3S. The standard InChI is InChI=1S/C11H17N3O3S/c1-8-7-17-5-3-10(8)14-18(15,16)9-2-4-13-11(12)6-9/h2,4,6,8,10,14H,3,5,7H2,1H3,(H2,12,13). The van der Waals surface area contributed by atoms with E-state index in [1.165, 1.54) is 18.3 Å². The molecule has 0 saturated carbocycles. The van der Waals surface area contributed by atoms with E-state index in [9.17, 15) is 8.42 Å². The first-order valence-electron chi connectivity index (χ1n) is 5.80. The van der Waals surface area contributed by atoms with E-state index < -0.39 is 10.0 Å².